The van der Waals surface area contributed by atoms with E-state index >= 15 is 0 Å². The van der Waals surface area contributed by atoms with Crippen LogP contribution in [0, 0.1) is 0 Å². The first-order valence-corrected chi connectivity index (χ1v) is 11.4. The van der Waals surface area contributed by atoms with Crippen molar-refractivity contribution in [3.8, 4) is 0 Å². The maximum Gasteiger partial charge on any atom is 0.259 e. The summed E-state index contributed by atoms with van der Waals surface area (Å²) in [4.78, 5) is 17.6. The van der Waals surface area contributed by atoms with Gasteiger partial charge in [0.15, 0.2) is 0 Å². The zero-order valence-electron chi connectivity index (χ0n) is 18.1. The van der Waals surface area contributed by atoms with Crippen LogP contribution in [0.4, 0.5) is 5.69 Å². The molecule has 0 saturated carbocycles. The van der Waals surface area contributed by atoms with Crippen LogP contribution in [-0.4, -0.2) is 30.9 Å². The number of anilines is 1. The van der Waals surface area contributed by atoms with Crippen LogP contribution in [0.25, 0.3) is 16.8 Å². The van der Waals surface area contributed by atoms with E-state index in [-0.39, 0.29) is 5.91 Å². The SMILES string of the molecule is CN1C(=O)/C(=C(/C=C(/c2ccc(Cl)cc2)N2CCCC2)c2ccccc2)c2ccccc21. The van der Waals surface area contributed by atoms with Gasteiger partial charge in [-0.3, -0.25) is 4.79 Å². The number of likely N-dealkylation sites (N-methyl/N-ethyl adjacent to an activating group) is 1. The minimum Gasteiger partial charge on any atom is -0.371 e. The lowest BCUT2D eigenvalue weighted by molar-refractivity contribution is -0.112. The van der Waals surface area contributed by atoms with E-state index in [0.29, 0.717) is 0 Å². The number of hydrogen-bond donors (Lipinski definition) is 0. The van der Waals surface area contributed by atoms with Crippen LogP contribution in [-0.2, 0) is 4.79 Å². The molecule has 0 spiro atoms. The molecule has 2 aliphatic heterocycles. The minimum atomic E-state index is 0.0261. The van der Waals surface area contributed by atoms with Crippen LogP contribution in [0.5, 0.6) is 0 Å². The molecular weight excluding hydrogens is 416 g/mol. The van der Waals surface area contributed by atoms with Crippen LogP contribution in [0.15, 0.2) is 84.9 Å². The Morgan fingerprint density at radius 2 is 1.50 bits per heavy atom. The Morgan fingerprint density at radius 1 is 0.844 bits per heavy atom. The number of para-hydroxylation sites is 1. The average Bonchev–Trinajstić information content (AvgIpc) is 3.44. The quantitative estimate of drug-likeness (QED) is 0.440. The summed E-state index contributed by atoms with van der Waals surface area (Å²) in [6, 6.07) is 26.2. The number of rotatable bonds is 4. The maximum absolute atomic E-state index is 13.5. The number of fused-ring (bicyclic) bond motifs is 1. The van der Waals surface area contributed by atoms with Crippen molar-refractivity contribution in [1.82, 2.24) is 4.90 Å². The van der Waals surface area contributed by atoms with Crippen molar-refractivity contribution in [1.29, 1.82) is 0 Å². The summed E-state index contributed by atoms with van der Waals surface area (Å²) >= 11 is 6.18. The van der Waals surface area contributed by atoms with E-state index < -0.39 is 0 Å². The number of benzene rings is 3. The number of halogens is 1. The zero-order chi connectivity index (χ0) is 22.1. The molecular formula is C28H25ClN2O. The molecule has 3 aromatic rings. The molecule has 1 fully saturated rings. The average molecular weight is 441 g/mol. The van der Waals surface area contributed by atoms with E-state index in [0.717, 1.165) is 57.3 Å². The van der Waals surface area contributed by atoms with Crippen molar-refractivity contribution in [3.05, 3.63) is 107 Å². The normalized spacial score (nSPS) is 17.7. The van der Waals surface area contributed by atoms with Gasteiger partial charge in [-0.15, -0.1) is 0 Å². The predicted molar refractivity (Wildman–Crippen MR) is 133 cm³/mol. The van der Waals surface area contributed by atoms with Crippen molar-refractivity contribution >= 4 is 40.0 Å². The van der Waals surface area contributed by atoms with Gasteiger partial charge in [-0.05, 0) is 53.8 Å². The molecule has 0 aromatic heterocycles. The van der Waals surface area contributed by atoms with Crippen molar-refractivity contribution in [2.24, 2.45) is 0 Å². The molecule has 3 nitrogen and oxygen atoms in total. The predicted octanol–water partition coefficient (Wildman–Crippen LogP) is 6.36. The van der Waals surface area contributed by atoms with E-state index in [2.05, 4.69) is 35.2 Å². The highest BCUT2D eigenvalue weighted by atomic mass is 35.5. The van der Waals surface area contributed by atoms with Crippen LogP contribution in [0.2, 0.25) is 5.02 Å². The Balaban J connectivity index is 1.77. The summed E-state index contributed by atoms with van der Waals surface area (Å²) in [5, 5.41) is 0.720. The molecule has 1 amide bonds. The smallest absolute Gasteiger partial charge is 0.259 e. The van der Waals surface area contributed by atoms with Gasteiger partial charge in [0.05, 0.1) is 11.3 Å². The van der Waals surface area contributed by atoms with Crippen LogP contribution in [0.3, 0.4) is 0 Å². The summed E-state index contributed by atoms with van der Waals surface area (Å²) in [7, 11) is 1.85. The van der Waals surface area contributed by atoms with Gasteiger partial charge >= 0.3 is 0 Å². The van der Waals surface area contributed by atoms with Gasteiger partial charge < -0.3 is 9.80 Å². The van der Waals surface area contributed by atoms with Gasteiger partial charge in [-0.2, -0.15) is 0 Å². The summed E-state index contributed by atoms with van der Waals surface area (Å²) in [5.74, 6) is 0.0261. The Kier molecular flexibility index (Phi) is 5.59. The highest BCUT2D eigenvalue weighted by Crippen LogP contribution is 2.41. The third-order valence-corrected chi connectivity index (χ3v) is 6.53. The fourth-order valence-electron chi connectivity index (χ4n) is 4.62. The molecule has 0 radical (unpaired) electrons. The van der Waals surface area contributed by atoms with Crippen molar-refractivity contribution in [2.75, 3.05) is 25.0 Å². The van der Waals surface area contributed by atoms with Crippen LogP contribution in [0.1, 0.15) is 29.5 Å². The van der Waals surface area contributed by atoms with E-state index in [1.54, 1.807) is 4.90 Å². The largest absolute Gasteiger partial charge is 0.371 e. The lowest BCUT2D eigenvalue weighted by Crippen LogP contribution is -2.21. The van der Waals surface area contributed by atoms with E-state index in [9.17, 15) is 4.79 Å². The number of nitrogens with zero attached hydrogens (tertiary/aromatic N) is 2. The topological polar surface area (TPSA) is 23.6 Å². The van der Waals surface area contributed by atoms with Gasteiger partial charge in [0.25, 0.3) is 5.91 Å². The molecule has 0 aliphatic carbocycles. The molecule has 5 rings (SSSR count). The lowest BCUT2D eigenvalue weighted by Gasteiger charge is -2.23. The summed E-state index contributed by atoms with van der Waals surface area (Å²) < 4.78 is 0. The first kappa shape index (κ1) is 20.6. The minimum absolute atomic E-state index is 0.0261. The lowest BCUT2D eigenvalue weighted by atomic mass is 9.93. The molecule has 160 valence electrons. The second-order valence-electron chi connectivity index (χ2n) is 8.27. The Morgan fingerprint density at radius 3 is 2.22 bits per heavy atom. The van der Waals surface area contributed by atoms with Crippen molar-refractivity contribution in [3.63, 3.8) is 0 Å². The number of likely N-dealkylation sites (tertiary alicyclic amines) is 1. The van der Waals surface area contributed by atoms with Gasteiger partial charge in [-0.1, -0.05) is 72.3 Å². The standard InChI is InChI=1S/C28H25ClN2O/c1-30-25-12-6-5-11-23(25)27(28(30)32)24(20-9-3-2-4-10-20)19-26(31-17-7-8-18-31)21-13-15-22(29)16-14-21/h2-6,9-16,19H,7-8,17-18H2,1H3/b26-19-,27-24-. The second-order valence-corrected chi connectivity index (χ2v) is 8.70. The molecule has 4 heteroatoms. The van der Waals surface area contributed by atoms with Crippen molar-refractivity contribution in [2.45, 2.75) is 12.8 Å². The van der Waals surface area contributed by atoms with Gasteiger partial charge in [0.1, 0.15) is 0 Å². The summed E-state index contributed by atoms with van der Waals surface area (Å²) in [6.07, 6.45) is 4.55. The third kappa shape index (κ3) is 3.74. The molecule has 0 bridgehead atoms. The molecule has 3 aromatic carbocycles. The summed E-state index contributed by atoms with van der Waals surface area (Å²) in [6.45, 7) is 2.02. The Labute approximate surface area is 194 Å². The Bertz CT molecular complexity index is 1210. The van der Waals surface area contributed by atoms with Gasteiger partial charge in [-0.25, -0.2) is 0 Å². The van der Waals surface area contributed by atoms with Crippen LogP contribution >= 0.6 is 11.6 Å². The highest BCUT2D eigenvalue weighted by Gasteiger charge is 2.32. The zero-order valence-corrected chi connectivity index (χ0v) is 18.8. The van der Waals surface area contributed by atoms with Gasteiger partial charge in [0.2, 0.25) is 0 Å². The second kappa shape index (κ2) is 8.68. The molecule has 0 unspecified atom stereocenters. The molecule has 0 N–H and O–H groups in total. The number of carbonyl (C=O) groups is 1. The summed E-state index contributed by atoms with van der Waals surface area (Å²) in [5.41, 5.74) is 6.90. The monoisotopic (exact) mass is 440 g/mol. The Hall–Kier alpha value is -3.30. The van der Waals surface area contributed by atoms with E-state index in [4.69, 9.17) is 11.6 Å². The molecule has 32 heavy (non-hydrogen) atoms. The number of carbonyl (C=O) groups excluding carboxylic acids is 1. The fraction of sp³-hybridized carbons (Fsp3) is 0.179. The third-order valence-electron chi connectivity index (χ3n) is 6.28. The first-order valence-electron chi connectivity index (χ1n) is 11.0. The van der Waals surface area contributed by atoms with E-state index in [1.807, 2.05) is 61.6 Å². The molecule has 2 heterocycles. The molecule has 2 aliphatic rings. The van der Waals surface area contributed by atoms with Gasteiger partial charge in [0, 0.05) is 36.4 Å². The maximum atomic E-state index is 13.5. The van der Waals surface area contributed by atoms with Crippen molar-refractivity contribution < 1.29 is 4.79 Å². The first-order chi connectivity index (χ1) is 15.6. The molecule has 0 atom stereocenters. The van der Waals surface area contributed by atoms with Crippen LogP contribution < -0.4 is 4.90 Å². The number of amides is 1. The number of hydrogen-bond acceptors (Lipinski definition) is 2. The van der Waals surface area contributed by atoms with E-state index in [1.165, 1.54) is 12.8 Å². The molecule has 1 saturated heterocycles. The fourth-order valence-corrected chi connectivity index (χ4v) is 4.75. The highest BCUT2D eigenvalue weighted by molar-refractivity contribution is 6.38. The number of allylic oxidation sites excluding steroid dienone is 2.